The summed E-state index contributed by atoms with van der Waals surface area (Å²) in [5.41, 5.74) is -0.778. The molecule has 148 valence electrons. The first kappa shape index (κ1) is 20.5. The van der Waals surface area contributed by atoms with Crippen LogP contribution in [0.2, 0.25) is 0 Å². The molecule has 1 heterocycles. The van der Waals surface area contributed by atoms with Crippen LogP contribution in [-0.4, -0.2) is 55.1 Å². The molecule has 1 aromatic carbocycles. The van der Waals surface area contributed by atoms with Crippen LogP contribution >= 0.6 is 0 Å². The third-order valence-electron chi connectivity index (χ3n) is 4.47. The van der Waals surface area contributed by atoms with Crippen LogP contribution in [-0.2, 0) is 9.53 Å². The lowest BCUT2D eigenvalue weighted by atomic mass is 10.1. The Morgan fingerprint density at radius 2 is 1.63 bits per heavy atom. The number of amides is 1. The second kappa shape index (κ2) is 9.20. The molecule has 0 saturated carbocycles. The average molecular weight is 380 g/mol. The second-order valence-electron chi connectivity index (χ2n) is 6.27. The first-order valence-electron chi connectivity index (χ1n) is 8.79. The van der Waals surface area contributed by atoms with Gasteiger partial charge in [-0.05, 0) is 19.8 Å². The van der Waals surface area contributed by atoms with Crippen molar-refractivity contribution < 1.29 is 28.7 Å². The van der Waals surface area contributed by atoms with E-state index in [1.54, 1.807) is 4.90 Å². The zero-order valence-corrected chi connectivity index (χ0v) is 15.7. The third kappa shape index (κ3) is 4.87. The lowest BCUT2D eigenvalue weighted by molar-refractivity contribution is -0.385. The second-order valence-corrected chi connectivity index (χ2v) is 6.27. The summed E-state index contributed by atoms with van der Waals surface area (Å²) in [7, 11) is 2.69. The molecule has 0 aliphatic carbocycles. The van der Waals surface area contributed by atoms with E-state index in [-0.39, 0.29) is 23.0 Å². The Morgan fingerprint density at radius 3 is 2.15 bits per heavy atom. The highest BCUT2D eigenvalue weighted by Crippen LogP contribution is 2.35. The zero-order chi connectivity index (χ0) is 20.0. The number of likely N-dealkylation sites (tertiary alicyclic amines) is 1. The van der Waals surface area contributed by atoms with Crippen LogP contribution in [0.1, 0.15) is 43.0 Å². The molecule has 1 aliphatic heterocycles. The quantitative estimate of drug-likeness (QED) is 0.424. The van der Waals surface area contributed by atoms with Crippen molar-refractivity contribution in [2.75, 3.05) is 27.3 Å². The van der Waals surface area contributed by atoms with E-state index >= 15 is 0 Å². The Balaban J connectivity index is 2.20. The summed E-state index contributed by atoms with van der Waals surface area (Å²) in [5.74, 6) is -0.984. The first-order valence-corrected chi connectivity index (χ1v) is 8.79. The fourth-order valence-corrected chi connectivity index (χ4v) is 3.01. The van der Waals surface area contributed by atoms with Crippen LogP contribution in [0.3, 0.4) is 0 Å². The molecule has 1 amide bonds. The lowest BCUT2D eigenvalue weighted by Crippen LogP contribution is -2.40. The highest BCUT2D eigenvalue weighted by atomic mass is 16.6. The Morgan fingerprint density at radius 1 is 1.07 bits per heavy atom. The summed E-state index contributed by atoms with van der Waals surface area (Å²) in [4.78, 5) is 37.3. The van der Waals surface area contributed by atoms with Gasteiger partial charge in [0.1, 0.15) is 5.56 Å². The molecule has 0 N–H and O–H groups in total. The van der Waals surface area contributed by atoms with Crippen molar-refractivity contribution in [1.82, 2.24) is 4.90 Å². The summed E-state index contributed by atoms with van der Waals surface area (Å²) in [6.07, 6.45) is 2.91. The molecule has 1 saturated heterocycles. The van der Waals surface area contributed by atoms with E-state index in [4.69, 9.17) is 14.2 Å². The van der Waals surface area contributed by atoms with Gasteiger partial charge in [-0.1, -0.05) is 12.8 Å². The van der Waals surface area contributed by atoms with E-state index in [0.29, 0.717) is 13.1 Å². The van der Waals surface area contributed by atoms with Crippen molar-refractivity contribution in [2.24, 2.45) is 0 Å². The molecule has 0 spiro atoms. The molecule has 0 bridgehead atoms. The fraction of sp³-hybridized carbons (Fsp3) is 0.556. The molecule has 1 atom stereocenters. The number of hydrogen-bond acceptors (Lipinski definition) is 7. The van der Waals surface area contributed by atoms with E-state index in [9.17, 15) is 19.7 Å². The highest BCUT2D eigenvalue weighted by Gasteiger charge is 2.30. The van der Waals surface area contributed by atoms with Crippen molar-refractivity contribution in [3.05, 3.63) is 27.8 Å². The number of ether oxygens (including phenoxy) is 3. The number of hydrogen-bond donors (Lipinski definition) is 0. The van der Waals surface area contributed by atoms with E-state index in [2.05, 4.69) is 0 Å². The molecule has 0 radical (unpaired) electrons. The van der Waals surface area contributed by atoms with Crippen molar-refractivity contribution in [3.8, 4) is 11.5 Å². The van der Waals surface area contributed by atoms with E-state index < -0.39 is 22.7 Å². The highest BCUT2D eigenvalue weighted by molar-refractivity contribution is 5.96. The first-order chi connectivity index (χ1) is 12.9. The smallest absolute Gasteiger partial charge is 0.346 e. The molecule has 9 heteroatoms. The molecule has 2 rings (SSSR count). The van der Waals surface area contributed by atoms with Crippen molar-refractivity contribution in [1.29, 1.82) is 0 Å². The van der Waals surface area contributed by atoms with Crippen molar-refractivity contribution >= 4 is 17.6 Å². The molecule has 1 aromatic rings. The molecule has 0 aromatic heterocycles. The van der Waals surface area contributed by atoms with Crippen molar-refractivity contribution in [2.45, 2.75) is 38.7 Å². The Bertz CT molecular complexity index is 712. The number of esters is 1. The van der Waals surface area contributed by atoms with E-state index in [1.807, 2.05) is 0 Å². The lowest BCUT2D eigenvalue weighted by Gasteiger charge is -2.24. The van der Waals surface area contributed by atoms with Gasteiger partial charge in [0.05, 0.1) is 25.2 Å². The number of carbonyl (C=O) groups excluding carboxylic acids is 2. The van der Waals surface area contributed by atoms with E-state index in [0.717, 1.165) is 31.7 Å². The average Bonchev–Trinajstić information content (AvgIpc) is 2.95. The summed E-state index contributed by atoms with van der Waals surface area (Å²) in [5, 5.41) is 11.3. The number of nitro benzene ring substituents is 1. The van der Waals surface area contributed by atoms with Gasteiger partial charge in [-0.3, -0.25) is 14.9 Å². The predicted octanol–water partition coefficient (Wildman–Crippen LogP) is 2.56. The minimum absolute atomic E-state index is 0.120. The number of benzene rings is 1. The van der Waals surface area contributed by atoms with Gasteiger partial charge in [0, 0.05) is 19.2 Å². The molecule has 1 fully saturated rings. The van der Waals surface area contributed by atoms with Gasteiger partial charge in [0.15, 0.2) is 17.6 Å². The van der Waals surface area contributed by atoms with Crippen LogP contribution in [0.25, 0.3) is 0 Å². The van der Waals surface area contributed by atoms with Crippen molar-refractivity contribution in [3.63, 3.8) is 0 Å². The Hall–Kier alpha value is -2.84. The molecule has 0 unspecified atom stereocenters. The van der Waals surface area contributed by atoms with E-state index in [1.165, 1.54) is 27.2 Å². The monoisotopic (exact) mass is 380 g/mol. The Kier molecular flexibility index (Phi) is 6.98. The Labute approximate surface area is 157 Å². The van der Waals surface area contributed by atoms with Gasteiger partial charge >= 0.3 is 5.97 Å². The third-order valence-corrected chi connectivity index (χ3v) is 4.47. The SMILES string of the molecule is COc1cc(C(=O)O[C@H](C)C(=O)N2CCCCCC2)c([N+](=O)[O-])cc1OC. The molecular formula is C18H24N2O7. The summed E-state index contributed by atoms with van der Waals surface area (Å²) in [6.45, 7) is 2.71. The predicted molar refractivity (Wildman–Crippen MR) is 96.1 cm³/mol. The zero-order valence-electron chi connectivity index (χ0n) is 15.7. The topological polar surface area (TPSA) is 108 Å². The van der Waals surface area contributed by atoms with Gasteiger partial charge in [-0.25, -0.2) is 4.79 Å². The standard InChI is InChI=1S/C18H24N2O7/c1-12(17(21)19-8-6-4-5-7-9-19)27-18(22)13-10-15(25-2)16(26-3)11-14(13)20(23)24/h10-12H,4-9H2,1-3H3/t12-/m1/s1. The van der Waals surface area contributed by atoms with Gasteiger partial charge in [-0.15, -0.1) is 0 Å². The van der Waals surface area contributed by atoms with Crippen LogP contribution < -0.4 is 9.47 Å². The number of methoxy groups -OCH3 is 2. The minimum Gasteiger partial charge on any atom is -0.493 e. The van der Waals surface area contributed by atoms with Crippen LogP contribution in [0.4, 0.5) is 5.69 Å². The summed E-state index contributed by atoms with van der Waals surface area (Å²) < 4.78 is 15.3. The fourth-order valence-electron chi connectivity index (χ4n) is 3.01. The van der Waals surface area contributed by atoms with Crippen LogP contribution in [0, 0.1) is 10.1 Å². The maximum atomic E-state index is 12.5. The number of rotatable bonds is 6. The largest absolute Gasteiger partial charge is 0.493 e. The normalized spacial score (nSPS) is 15.4. The molecular weight excluding hydrogens is 356 g/mol. The number of carbonyl (C=O) groups is 2. The molecule has 27 heavy (non-hydrogen) atoms. The van der Waals surface area contributed by atoms with Crippen LogP contribution in [0.5, 0.6) is 11.5 Å². The summed E-state index contributed by atoms with van der Waals surface area (Å²) >= 11 is 0. The molecule has 1 aliphatic rings. The van der Waals surface area contributed by atoms with Gasteiger partial charge in [-0.2, -0.15) is 0 Å². The molecule has 9 nitrogen and oxygen atoms in total. The van der Waals surface area contributed by atoms with Gasteiger partial charge < -0.3 is 19.1 Å². The number of nitrogens with zero attached hydrogens (tertiary/aromatic N) is 2. The van der Waals surface area contributed by atoms with Crippen LogP contribution in [0.15, 0.2) is 12.1 Å². The maximum Gasteiger partial charge on any atom is 0.346 e. The maximum absolute atomic E-state index is 12.5. The van der Waals surface area contributed by atoms with Gasteiger partial charge in [0.25, 0.3) is 11.6 Å². The van der Waals surface area contributed by atoms with Gasteiger partial charge in [0.2, 0.25) is 0 Å². The number of nitro groups is 1. The summed E-state index contributed by atoms with van der Waals surface area (Å²) in [6, 6.07) is 2.28. The minimum atomic E-state index is -1.04.